The number of amides is 1. The van der Waals surface area contributed by atoms with E-state index in [2.05, 4.69) is 10.5 Å². The second-order valence-electron chi connectivity index (χ2n) is 8.93. The molecule has 0 atom stereocenters. The summed E-state index contributed by atoms with van der Waals surface area (Å²) in [6, 6.07) is 29.0. The third-order valence-corrected chi connectivity index (χ3v) is 6.44. The van der Waals surface area contributed by atoms with E-state index in [1.807, 2.05) is 42.5 Å². The molecule has 206 valence electrons. The zero-order chi connectivity index (χ0) is 28.8. The predicted octanol–water partition coefficient (Wildman–Crippen LogP) is 4.91. The number of fused-ring (bicyclic) bond motifs is 1. The van der Waals surface area contributed by atoms with Gasteiger partial charge in [-0.3, -0.25) is 9.59 Å². The molecule has 0 radical (unpaired) electrons. The molecule has 0 saturated carbocycles. The normalized spacial score (nSPS) is 11.0. The number of hydrazone groups is 1. The van der Waals surface area contributed by atoms with E-state index in [4.69, 9.17) is 14.2 Å². The lowest BCUT2D eigenvalue weighted by Gasteiger charge is -2.15. The number of nitrogens with one attached hydrogen (secondary N) is 1. The van der Waals surface area contributed by atoms with E-state index < -0.39 is 11.5 Å². The van der Waals surface area contributed by atoms with Gasteiger partial charge in [-0.15, -0.1) is 0 Å². The van der Waals surface area contributed by atoms with Crippen molar-refractivity contribution in [3.63, 3.8) is 0 Å². The van der Waals surface area contributed by atoms with Crippen molar-refractivity contribution in [2.75, 3.05) is 20.8 Å². The van der Waals surface area contributed by atoms with Crippen molar-refractivity contribution < 1.29 is 24.1 Å². The van der Waals surface area contributed by atoms with Crippen molar-refractivity contribution in [3.05, 3.63) is 113 Å². The van der Waals surface area contributed by atoms with Crippen LogP contribution < -0.4 is 25.2 Å². The Morgan fingerprint density at radius 1 is 0.854 bits per heavy atom. The van der Waals surface area contributed by atoms with Crippen LogP contribution in [-0.4, -0.2) is 42.6 Å². The largest absolute Gasteiger partial charge is 0.494 e. The molecule has 1 amide bonds. The number of carbonyl (C=O) groups excluding carboxylic acids is 1. The standard InChI is InChI=1S/C32H27N3O6/c1-39-28-17-14-23(18-29(28)40-2)35-31(37)26-11-7-6-10-25(26)27(32(35)38)19-33-34-30(36)20-41-24-15-12-22(13-16-24)21-8-4-3-5-9-21/h3-19,38H,20H2,1-2H3,(H,34,36)/b33-19-. The minimum atomic E-state index is -0.495. The van der Waals surface area contributed by atoms with E-state index in [0.29, 0.717) is 33.7 Å². The van der Waals surface area contributed by atoms with Gasteiger partial charge in [-0.2, -0.15) is 5.10 Å². The van der Waals surface area contributed by atoms with Crippen LogP contribution in [0, 0.1) is 0 Å². The molecule has 41 heavy (non-hydrogen) atoms. The average molecular weight is 550 g/mol. The van der Waals surface area contributed by atoms with Crippen LogP contribution in [0.1, 0.15) is 5.56 Å². The number of benzene rings is 4. The van der Waals surface area contributed by atoms with Crippen molar-refractivity contribution >= 4 is 22.9 Å². The summed E-state index contributed by atoms with van der Waals surface area (Å²) in [7, 11) is 2.99. The molecule has 1 heterocycles. The van der Waals surface area contributed by atoms with Gasteiger partial charge in [0.2, 0.25) is 5.88 Å². The fourth-order valence-electron chi connectivity index (χ4n) is 4.42. The summed E-state index contributed by atoms with van der Waals surface area (Å²) in [5, 5.41) is 16.0. The Labute approximate surface area is 235 Å². The highest BCUT2D eigenvalue weighted by molar-refractivity contribution is 6.02. The number of hydrogen-bond donors (Lipinski definition) is 2. The maximum atomic E-state index is 13.4. The Balaban J connectivity index is 1.35. The van der Waals surface area contributed by atoms with E-state index in [9.17, 15) is 14.7 Å². The van der Waals surface area contributed by atoms with Crippen LogP contribution in [0.15, 0.2) is 107 Å². The Bertz CT molecular complexity index is 1780. The highest BCUT2D eigenvalue weighted by Crippen LogP contribution is 2.32. The molecule has 5 aromatic rings. The first-order valence-corrected chi connectivity index (χ1v) is 12.7. The molecule has 0 aliphatic rings. The fraction of sp³-hybridized carbons (Fsp3) is 0.0938. The zero-order valence-electron chi connectivity index (χ0n) is 22.4. The minimum Gasteiger partial charge on any atom is -0.494 e. The molecule has 0 unspecified atom stereocenters. The van der Waals surface area contributed by atoms with Gasteiger partial charge in [-0.05, 0) is 41.5 Å². The van der Waals surface area contributed by atoms with Crippen LogP contribution in [0.2, 0.25) is 0 Å². The van der Waals surface area contributed by atoms with E-state index in [1.54, 1.807) is 54.6 Å². The maximum absolute atomic E-state index is 13.4. The number of carbonyl (C=O) groups is 1. The smallest absolute Gasteiger partial charge is 0.277 e. The predicted molar refractivity (Wildman–Crippen MR) is 157 cm³/mol. The lowest BCUT2D eigenvalue weighted by atomic mass is 10.1. The van der Waals surface area contributed by atoms with Gasteiger partial charge in [0.15, 0.2) is 18.1 Å². The monoisotopic (exact) mass is 549 g/mol. The number of aromatic nitrogens is 1. The Hall–Kier alpha value is -5.57. The van der Waals surface area contributed by atoms with Gasteiger partial charge >= 0.3 is 0 Å². The molecular weight excluding hydrogens is 522 g/mol. The first-order valence-electron chi connectivity index (χ1n) is 12.7. The summed E-state index contributed by atoms with van der Waals surface area (Å²) in [4.78, 5) is 25.8. The molecule has 0 aliphatic carbocycles. The zero-order valence-corrected chi connectivity index (χ0v) is 22.4. The Kier molecular flexibility index (Phi) is 7.96. The molecule has 0 fully saturated rings. The van der Waals surface area contributed by atoms with E-state index in [-0.39, 0.29) is 18.1 Å². The van der Waals surface area contributed by atoms with Gasteiger partial charge in [-0.25, -0.2) is 9.99 Å². The second-order valence-corrected chi connectivity index (χ2v) is 8.93. The summed E-state index contributed by atoms with van der Waals surface area (Å²) in [6.45, 7) is -0.264. The van der Waals surface area contributed by atoms with Gasteiger partial charge in [0.25, 0.3) is 11.5 Å². The molecule has 0 aliphatic heterocycles. The molecule has 0 bridgehead atoms. The van der Waals surface area contributed by atoms with E-state index in [0.717, 1.165) is 15.7 Å². The number of hydrogen-bond acceptors (Lipinski definition) is 7. The molecule has 4 aromatic carbocycles. The molecule has 2 N–H and O–H groups in total. The van der Waals surface area contributed by atoms with Crippen molar-refractivity contribution in [3.8, 4) is 39.9 Å². The molecule has 0 saturated heterocycles. The molecule has 9 heteroatoms. The van der Waals surface area contributed by atoms with Crippen molar-refractivity contribution in [1.29, 1.82) is 0 Å². The Morgan fingerprint density at radius 3 is 2.22 bits per heavy atom. The van der Waals surface area contributed by atoms with Gasteiger partial charge < -0.3 is 19.3 Å². The van der Waals surface area contributed by atoms with Crippen LogP contribution in [0.25, 0.3) is 27.6 Å². The number of aromatic hydroxyl groups is 1. The summed E-state index contributed by atoms with van der Waals surface area (Å²) in [5.74, 6) is 0.554. The highest BCUT2D eigenvalue weighted by Gasteiger charge is 2.18. The van der Waals surface area contributed by atoms with Crippen LogP contribution in [-0.2, 0) is 4.79 Å². The average Bonchev–Trinajstić information content (AvgIpc) is 3.02. The molecule has 5 rings (SSSR count). The number of methoxy groups -OCH3 is 2. The van der Waals surface area contributed by atoms with Gasteiger partial charge in [0.05, 0.1) is 31.7 Å². The van der Waals surface area contributed by atoms with Crippen LogP contribution in [0.5, 0.6) is 23.1 Å². The molecule has 1 aromatic heterocycles. The van der Waals surface area contributed by atoms with Crippen molar-refractivity contribution in [2.45, 2.75) is 0 Å². The minimum absolute atomic E-state index is 0.243. The first kappa shape index (κ1) is 27.0. The second kappa shape index (κ2) is 12.1. The molecular formula is C32H27N3O6. The number of pyridine rings is 1. The number of nitrogens with zero attached hydrogens (tertiary/aromatic N) is 2. The summed E-state index contributed by atoms with van der Waals surface area (Å²) < 4.78 is 17.4. The van der Waals surface area contributed by atoms with Gasteiger partial charge in [-0.1, -0.05) is 60.7 Å². The van der Waals surface area contributed by atoms with E-state index in [1.165, 1.54) is 20.4 Å². The number of ether oxygens (including phenoxy) is 3. The third-order valence-electron chi connectivity index (χ3n) is 6.44. The lowest BCUT2D eigenvalue weighted by molar-refractivity contribution is -0.123. The first-order chi connectivity index (χ1) is 20.0. The number of rotatable bonds is 9. The summed E-state index contributed by atoms with van der Waals surface area (Å²) >= 11 is 0. The summed E-state index contributed by atoms with van der Waals surface area (Å²) in [6.07, 6.45) is 1.29. The maximum Gasteiger partial charge on any atom is 0.277 e. The van der Waals surface area contributed by atoms with Crippen LogP contribution in [0.4, 0.5) is 0 Å². The topological polar surface area (TPSA) is 111 Å². The lowest BCUT2D eigenvalue weighted by Crippen LogP contribution is -2.25. The molecule has 9 nitrogen and oxygen atoms in total. The van der Waals surface area contributed by atoms with Gasteiger partial charge in [0.1, 0.15) is 5.75 Å². The van der Waals surface area contributed by atoms with Gasteiger partial charge in [0, 0.05) is 16.8 Å². The Morgan fingerprint density at radius 2 is 1.51 bits per heavy atom. The quantitative estimate of drug-likeness (QED) is 0.200. The fourth-order valence-corrected chi connectivity index (χ4v) is 4.42. The summed E-state index contributed by atoms with van der Waals surface area (Å²) in [5.41, 5.74) is 4.70. The molecule has 0 spiro atoms. The van der Waals surface area contributed by atoms with Crippen LogP contribution >= 0.6 is 0 Å². The van der Waals surface area contributed by atoms with Crippen molar-refractivity contribution in [1.82, 2.24) is 9.99 Å². The SMILES string of the molecule is COc1ccc(-n2c(O)c(/C=N\NC(=O)COc3ccc(-c4ccccc4)cc3)c3ccccc3c2=O)cc1OC. The van der Waals surface area contributed by atoms with Crippen molar-refractivity contribution in [2.24, 2.45) is 5.10 Å². The van der Waals surface area contributed by atoms with Crippen LogP contribution in [0.3, 0.4) is 0 Å². The third kappa shape index (κ3) is 5.74. The highest BCUT2D eigenvalue weighted by atomic mass is 16.5. The van der Waals surface area contributed by atoms with E-state index >= 15 is 0 Å².